The number of ether oxygens (including phenoxy) is 1. The average Bonchev–Trinajstić information content (AvgIpc) is 3.24. The SMILES string of the molecule is c1cc(-c2ccc(OCCCCCc3nn[nH]n3)cn2)[nH]n1. The summed E-state index contributed by atoms with van der Waals surface area (Å²) in [5.74, 6) is 1.54. The molecular weight excluding hydrogens is 282 g/mol. The van der Waals surface area contributed by atoms with E-state index in [0.717, 1.165) is 48.6 Å². The highest BCUT2D eigenvalue weighted by Gasteiger charge is 2.01. The molecule has 8 nitrogen and oxygen atoms in total. The smallest absolute Gasteiger partial charge is 0.174 e. The van der Waals surface area contributed by atoms with E-state index in [0.29, 0.717) is 6.61 Å². The van der Waals surface area contributed by atoms with Gasteiger partial charge in [-0.1, -0.05) is 5.21 Å². The fourth-order valence-electron chi connectivity index (χ4n) is 2.06. The molecule has 0 saturated heterocycles. The number of nitrogens with zero attached hydrogens (tertiary/aromatic N) is 5. The maximum absolute atomic E-state index is 5.68. The number of tetrazole rings is 1. The van der Waals surface area contributed by atoms with E-state index in [-0.39, 0.29) is 0 Å². The third kappa shape index (κ3) is 3.87. The van der Waals surface area contributed by atoms with E-state index in [9.17, 15) is 0 Å². The highest BCUT2D eigenvalue weighted by atomic mass is 16.5. The lowest BCUT2D eigenvalue weighted by Gasteiger charge is -2.06. The van der Waals surface area contributed by atoms with Gasteiger partial charge in [-0.15, -0.1) is 10.2 Å². The summed E-state index contributed by atoms with van der Waals surface area (Å²) in [6, 6.07) is 5.72. The second-order valence-electron chi connectivity index (χ2n) is 4.84. The van der Waals surface area contributed by atoms with Crippen LogP contribution in [-0.4, -0.2) is 42.4 Å². The van der Waals surface area contributed by atoms with Crippen molar-refractivity contribution >= 4 is 0 Å². The van der Waals surface area contributed by atoms with Gasteiger partial charge in [0, 0.05) is 12.6 Å². The van der Waals surface area contributed by atoms with Crippen molar-refractivity contribution < 1.29 is 4.74 Å². The summed E-state index contributed by atoms with van der Waals surface area (Å²) < 4.78 is 5.68. The molecule has 0 spiro atoms. The summed E-state index contributed by atoms with van der Waals surface area (Å²) in [6.07, 6.45) is 7.36. The van der Waals surface area contributed by atoms with Gasteiger partial charge < -0.3 is 4.74 Å². The monoisotopic (exact) mass is 299 g/mol. The quantitative estimate of drug-likeness (QED) is 0.614. The van der Waals surface area contributed by atoms with Crippen LogP contribution in [0.3, 0.4) is 0 Å². The molecule has 0 unspecified atom stereocenters. The van der Waals surface area contributed by atoms with E-state index in [1.165, 1.54) is 0 Å². The van der Waals surface area contributed by atoms with Gasteiger partial charge in [-0.05, 0) is 37.5 Å². The lowest BCUT2D eigenvalue weighted by molar-refractivity contribution is 0.304. The predicted octanol–water partition coefficient (Wildman–Crippen LogP) is 1.78. The molecule has 0 saturated carbocycles. The van der Waals surface area contributed by atoms with Crippen molar-refractivity contribution in [3.63, 3.8) is 0 Å². The van der Waals surface area contributed by atoms with Crippen molar-refractivity contribution in [1.82, 2.24) is 35.8 Å². The van der Waals surface area contributed by atoms with Crippen LogP contribution in [-0.2, 0) is 6.42 Å². The highest BCUT2D eigenvalue weighted by Crippen LogP contribution is 2.17. The van der Waals surface area contributed by atoms with Gasteiger partial charge >= 0.3 is 0 Å². The lowest BCUT2D eigenvalue weighted by Crippen LogP contribution is -1.99. The van der Waals surface area contributed by atoms with Crippen molar-refractivity contribution in [2.24, 2.45) is 0 Å². The summed E-state index contributed by atoms with van der Waals surface area (Å²) in [5, 5.41) is 20.6. The maximum Gasteiger partial charge on any atom is 0.174 e. The van der Waals surface area contributed by atoms with E-state index in [1.54, 1.807) is 12.4 Å². The van der Waals surface area contributed by atoms with Crippen molar-refractivity contribution in [2.45, 2.75) is 25.7 Å². The van der Waals surface area contributed by atoms with Crippen LogP contribution in [0.4, 0.5) is 0 Å². The third-order valence-electron chi connectivity index (χ3n) is 3.22. The van der Waals surface area contributed by atoms with Gasteiger partial charge in [0.25, 0.3) is 0 Å². The Hall–Kier alpha value is -2.77. The number of rotatable bonds is 8. The number of aryl methyl sites for hydroxylation is 1. The summed E-state index contributed by atoms with van der Waals surface area (Å²) in [5.41, 5.74) is 1.75. The zero-order valence-corrected chi connectivity index (χ0v) is 12.1. The molecule has 0 aliphatic carbocycles. The number of unbranched alkanes of at least 4 members (excludes halogenated alkanes) is 2. The largest absolute Gasteiger partial charge is 0.492 e. The molecule has 3 aromatic heterocycles. The molecule has 0 radical (unpaired) electrons. The molecule has 3 aromatic rings. The lowest BCUT2D eigenvalue weighted by atomic mass is 10.2. The van der Waals surface area contributed by atoms with Crippen molar-refractivity contribution in [3.8, 4) is 17.1 Å². The van der Waals surface area contributed by atoms with E-state index in [1.807, 2.05) is 18.2 Å². The second kappa shape index (κ2) is 7.30. The number of hydrogen-bond donors (Lipinski definition) is 2. The van der Waals surface area contributed by atoms with E-state index >= 15 is 0 Å². The van der Waals surface area contributed by atoms with Crippen LogP contribution in [0.5, 0.6) is 5.75 Å². The van der Waals surface area contributed by atoms with Gasteiger partial charge in [0.1, 0.15) is 5.75 Å². The van der Waals surface area contributed by atoms with Crippen LogP contribution in [0.15, 0.2) is 30.6 Å². The molecule has 0 bridgehead atoms. The Bertz CT molecular complexity index is 649. The van der Waals surface area contributed by atoms with Crippen LogP contribution in [0.2, 0.25) is 0 Å². The molecular formula is C14H17N7O. The second-order valence-corrected chi connectivity index (χ2v) is 4.84. The summed E-state index contributed by atoms with van der Waals surface area (Å²) in [7, 11) is 0. The highest BCUT2D eigenvalue weighted by molar-refractivity contribution is 5.53. The standard InChI is InChI=1S/C14H17N7O/c1(2-4-14-18-20-21-19-14)3-9-22-11-5-6-12(15-10-11)13-7-8-16-17-13/h5-8,10H,1-4,9H2,(H,16,17)(H,18,19,20,21). The first-order valence-electron chi connectivity index (χ1n) is 7.23. The summed E-state index contributed by atoms with van der Waals surface area (Å²) >= 11 is 0. The van der Waals surface area contributed by atoms with Crippen LogP contribution >= 0.6 is 0 Å². The number of nitrogens with one attached hydrogen (secondary N) is 2. The van der Waals surface area contributed by atoms with E-state index in [2.05, 4.69) is 35.8 Å². The minimum absolute atomic E-state index is 0.678. The van der Waals surface area contributed by atoms with Crippen molar-refractivity contribution in [1.29, 1.82) is 0 Å². The molecule has 0 aliphatic rings. The number of pyridine rings is 1. The zero-order valence-electron chi connectivity index (χ0n) is 12.1. The molecule has 0 fully saturated rings. The topological polar surface area (TPSA) is 105 Å². The van der Waals surface area contributed by atoms with Gasteiger partial charge in [0.2, 0.25) is 0 Å². The number of aromatic nitrogens is 7. The average molecular weight is 299 g/mol. The molecule has 3 rings (SSSR count). The van der Waals surface area contributed by atoms with Crippen molar-refractivity contribution in [2.75, 3.05) is 6.61 Å². The molecule has 3 heterocycles. The summed E-state index contributed by atoms with van der Waals surface area (Å²) in [6.45, 7) is 0.678. The van der Waals surface area contributed by atoms with Crippen LogP contribution in [0, 0.1) is 0 Å². The molecule has 0 atom stereocenters. The number of aromatic amines is 2. The molecule has 22 heavy (non-hydrogen) atoms. The Morgan fingerprint density at radius 3 is 2.82 bits per heavy atom. The normalized spacial score (nSPS) is 10.7. The van der Waals surface area contributed by atoms with Crippen LogP contribution in [0.1, 0.15) is 25.1 Å². The minimum atomic E-state index is 0.678. The van der Waals surface area contributed by atoms with Crippen molar-refractivity contribution in [3.05, 3.63) is 36.4 Å². The van der Waals surface area contributed by atoms with Gasteiger partial charge in [-0.3, -0.25) is 10.1 Å². The Labute approximate surface area is 127 Å². The van der Waals surface area contributed by atoms with Gasteiger partial charge in [0.05, 0.1) is 24.2 Å². The summed E-state index contributed by atoms with van der Waals surface area (Å²) in [4.78, 5) is 4.35. The minimum Gasteiger partial charge on any atom is -0.492 e. The molecule has 8 heteroatoms. The Morgan fingerprint density at radius 2 is 2.09 bits per heavy atom. The fourth-order valence-corrected chi connectivity index (χ4v) is 2.06. The fraction of sp³-hybridized carbons (Fsp3) is 0.357. The zero-order chi connectivity index (χ0) is 15.0. The molecule has 114 valence electrons. The van der Waals surface area contributed by atoms with Gasteiger partial charge in [0.15, 0.2) is 5.82 Å². The predicted molar refractivity (Wildman–Crippen MR) is 79.0 cm³/mol. The Morgan fingerprint density at radius 1 is 1.09 bits per heavy atom. The Kier molecular flexibility index (Phi) is 4.70. The molecule has 0 aliphatic heterocycles. The van der Waals surface area contributed by atoms with E-state index < -0.39 is 0 Å². The molecule has 2 N–H and O–H groups in total. The van der Waals surface area contributed by atoms with Crippen LogP contribution < -0.4 is 4.74 Å². The number of H-pyrrole nitrogens is 2. The first-order chi connectivity index (χ1) is 10.9. The molecule has 0 amide bonds. The number of hydrogen-bond acceptors (Lipinski definition) is 6. The van der Waals surface area contributed by atoms with E-state index in [4.69, 9.17) is 4.74 Å². The molecule has 0 aromatic carbocycles. The maximum atomic E-state index is 5.68. The third-order valence-corrected chi connectivity index (χ3v) is 3.22. The first-order valence-corrected chi connectivity index (χ1v) is 7.23. The first kappa shape index (κ1) is 14.2. The van der Waals surface area contributed by atoms with Crippen LogP contribution in [0.25, 0.3) is 11.4 Å². The van der Waals surface area contributed by atoms with Gasteiger partial charge in [-0.25, -0.2) is 0 Å². The van der Waals surface area contributed by atoms with Gasteiger partial charge in [-0.2, -0.15) is 10.3 Å². The Balaban J connectivity index is 1.35.